The van der Waals surface area contributed by atoms with Gasteiger partial charge in [-0.1, -0.05) is 12.1 Å². The molecule has 1 unspecified atom stereocenters. The topological polar surface area (TPSA) is 123 Å². The van der Waals surface area contributed by atoms with Crippen LogP contribution in [0.5, 0.6) is 11.5 Å². The normalized spacial score (nSPS) is 16.3. The molecule has 1 aliphatic carbocycles. The van der Waals surface area contributed by atoms with Crippen molar-refractivity contribution in [1.29, 1.82) is 0 Å². The summed E-state index contributed by atoms with van der Waals surface area (Å²) in [5.74, 6) is 0.0888. The Morgan fingerprint density at radius 3 is 2.63 bits per heavy atom. The van der Waals surface area contributed by atoms with Crippen molar-refractivity contribution in [3.63, 3.8) is 0 Å². The molecule has 1 saturated carbocycles. The molecule has 4 aromatic rings. The van der Waals surface area contributed by atoms with Crippen LogP contribution in [0, 0.1) is 18.7 Å². The summed E-state index contributed by atoms with van der Waals surface area (Å²) in [6.07, 6.45) is 7.71. The Bertz CT molecular complexity index is 1490. The van der Waals surface area contributed by atoms with E-state index in [9.17, 15) is 9.18 Å². The van der Waals surface area contributed by atoms with E-state index in [1.165, 1.54) is 23.5 Å². The minimum Gasteiger partial charge on any atom is -0.699 e. The number of benzene rings is 1. The maximum absolute atomic E-state index is 14.2. The number of halogens is 1. The number of hydrogen-bond acceptors (Lipinski definition) is 8. The zero-order valence-corrected chi connectivity index (χ0v) is 30.2. The molecule has 43 heavy (non-hydrogen) atoms. The van der Waals surface area contributed by atoms with Gasteiger partial charge < -0.3 is 27.9 Å². The summed E-state index contributed by atoms with van der Waals surface area (Å²) < 4.78 is 20.8. The van der Waals surface area contributed by atoms with E-state index in [0.29, 0.717) is 18.3 Å². The summed E-state index contributed by atoms with van der Waals surface area (Å²) in [5.41, 5.74) is 12.4. The number of amides is 1. The number of hydrogen-bond donors (Lipinski definition) is 3. The van der Waals surface area contributed by atoms with Gasteiger partial charge in [-0.2, -0.15) is 0 Å². The van der Waals surface area contributed by atoms with Gasteiger partial charge in [0.1, 0.15) is 5.75 Å². The van der Waals surface area contributed by atoms with Gasteiger partial charge in [0, 0.05) is 91.4 Å². The van der Waals surface area contributed by atoms with Crippen LogP contribution < -0.4 is 15.5 Å². The second-order valence-electron chi connectivity index (χ2n) is 10.2. The van der Waals surface area contributed by atoms with Gasteiger partial charge in [0.05, 0.1) is 26.7 Å². The zero-order chi connectivity index (χ0) is 28.8. The zero-order valence-electron chi connectivity index (χ0n) is 23.6. The van der Waals surface area contributed by atoms with Gasteiger partial charge in [-0.15, -0.1) is 23.6 Å². The van der Waals surface area contributed by atoms with Crippen molar-refractivity contribution in [2.45, 2.75) is 38.3 Å². The van der Waals surface area contributed by atoms with Crippen LogP contribution in [-0.4, -0.2) is 51.7 Å². The van der Waals surface area contributed by atoms with Gasteiger partial charge in [-0.05, 0) is 62.1 Å². The monoisotopic (exact) mass is 849 g/mol. The van der Waals surface area contributed by atoms with Crippen LogP contribution in [0.3, 0.4) is 0 Å². The average Bonchev–Trinajstić information content (AvgIpc) is 3.72. The van der Waals surface area contributed by atoms with Crippen LogP contribution >= 0.6 is 11.3 Å². The van der Waals surface area contributed by atoms with Crippen LogP contribution in [0.25, 0.3) is 26.5 Å². The minimum absolute atomic E-state index is 0. The Morgan fingerprint density at radius 1 is 1.16 bits per heavy atom. The summed E-state index contributed by atoms with van der Waals surface area (Å²) in [6.45, 7) is 6.56. The second-order valence-corrected chi connectivity index (χ2v) is 11.3. The van der Waals surface area contributed by atoms with Crippen LogP contribution in [0.1, 0.15) is 31.2 Å². The predicted molar refractivity (Wildman–Crippen MR) is 158 cm³/mol. The molecule has 13 heteroatoms. The van der Waals surface area contributed by atoms with Gasteiger partial charge in [0.15, 0.2) is 11.6 Å². The van der Waals surface area contributed by atoms with Gasteiger partial charge in [-0.3, -0.25) is 19.7 Å². The van der Waals surface area contributed by atoms with E-state index in [1.807, 2.05) is 18.3 Å². The molecule has 2 fully saturated rings. The van der Waals surface area contributed by atoms with Crippen molar-refractivity contribution in [2.75, 3.05) is 19.6 Å². The standard InChI is InChI=1S/C27H26FN5O2S.C3H7NO.W.Y/c1-2-30-27(34)18-4-3-11-33(16-18)15-17-5-7-21(32-14-17)25-13-22-26(36-25)24(9-10-31-22)35-23-8-6-19(29)12-20(23)28;5-4-3-1-2-3;;/h5-10,12-14,18,29H,1-4,11,15-16H2,(H,30,34);3-5H,1-2H2;;/q-2;;;. The first kappa shape index (κ1) is 35.6. The van der Waals surface area contributed by atoms with Crippen molar-refractivity contribution < 1.29 is 72.9 Å². The summed E-state index contributed by atoms with van der Waals surface area (Å²) in [5, 5.41) is 10.8. The maximum atomic E-state index is 14.2. The first-order valence-corrected chi connectivity index (χ1v) is 14.5. The number of piperidine rings is 1. The van der Waals surface area contributed by atoms with Gasteiger partial charge in [0.25, 0.3) is 0 Å². The van der Waals surface area contributed by atoms with Crippen molar-refractivity contribution in [3.05, 3.63) is 78.9 Å². The molecular formula is C30H33FN6O3SWY-2. The van der Waals surface area contributed by atoms with Crippen molar-refractivity contribution in [1.82, 2.24) is 25.7 Å². The average molecular weight is 849 g/mol. The molecule has 1 aliphatic heterocycles. The van der Waals surface area contributed by atoms with Gasteiger partial charge in [0.2, 0.25) is 5.91 Å². The molecule has 2 aliphatic rings. The smallest absolute Gasteiger partial charge is 0.221 e. The number of aromatic nitrogens is 2. The third-order valence-electron chi connectivity index (χ3n) is 6.95. The molecule has 1 radical (unpaired) electrons. The van der Waals surface area contributed by atoms with Gasteiger partial charge >= 0.3 is 0 Å². The predicted octanol–water partition coefficient (Wildman–Crippen LogP) is 6.26. The number of ether oxygens (including phenoxy) is 1. The Balaban J connectivity index is 0.000000658. The third-order valence-corrected chi connectivity index (χ3v) is 8.11. The molecule has 4 N–H and O–H groups in total. The minimum atomic E-state index is -0.579. The molecule has 1 aromatic carbocycles. The molecule has 4 heterocycles. The molecule has 1 amide bonds. The van der Waals surface area contributed by atoms with Crippen LogP contribution in [0.15, 0.2) is 54.9 Å². The first-order chi connectivity index (χ1) is 19.9. The molecule has 9 nitrogen and oxygen atoms in total. The third kappa shape index (κ3) is 9.82. The van der Waals surface area contributed by atoms with Crippen molar-refractivity contribution in [3.8, 4) is 22.1 Å². The van der Waals surface area contributed by atoms with Crippen LogP contribution in [0.2, 0.25) is 0 Å². The number of pyridine rings is 2. The number of rotatable bonds is 8. The van der Waals surface area contributed by atoms with Crippen molar-refractivity contribution in [2.24, 2.45) is 5.92 Å². The van der Waals surface area contributed by atoms with E-state index in [2.05, 4.69) is 38.7 Å². The summed E-state index contributed by atoms with van der Waals surface area (Å²) in [6, 6.07) is 12.2. The second kappa shape index (κ2) is 17.0. The quantitative estimate of drug-likeness (QED) is 0.142. The number of likely N-dealkylation sites (tertiary alicyclic amines) is 1. The van der Waals surface area contributed by atoms with E-state index in [4.69, 9.17) is 15.7 Å². The van der Waals surface area contributed by atoms with Crippen LogP contribution in [-0.2, 0) is 65.1 Å². The molecular weight excluding hydrogens is 816 g/mol. The van der Waals surface area contributed by atoms with E-state index < -0.39 is 5.82 Å². The summed E-state index contributed by atoms with van der Waals surface area (Å²) in [7, 11) is 0. The van der Waals surface area contributed by atoms with E-state index in [-0.39, 0.29) is 77.0 Å². The molecule has 0 bridgehead atoms. The fourth-order valence-corrected chi connectivity index (χ4v) is 5.68. The summed E-state index contributed by atoms with van der Waals surface area (Å²) in [4.78, 5) is 24.5. The van der Waals surface area contributed by atoms with Crippen molar-refractivity contribution >= 4 is 33.1 Å². The number of nitrogens with zero attached hydrogens (tertiary/aromatic N) is 3. The molecule has 225 valence electrons. The first-order valence-electron chi connectivity index (χ1n) is 13.6. The molecule has 6 rings (SSSR count). The number of carbonyl (C=O) groups excluding carboxylic acids is 1. The SMILES string of the molecule is ONC1CC1.[CH2-]CNC(=O)C1CCCN(Cc2ccc(-c3cc4nccc(Oc5ccc([NH-])cc5F)c4s3)nc2)C1.[W].[Y]. The number of thiophene rings is 1. The Kier molecular flexibility index (Phi) is 14.1. The Labute approximate surface area is 294 Å². The number of fused-ring (bicyclic) bond motifs is 1. The number of hydroxylamine groups is 1. The number of nitrogens with one attached hydrogen (secondary N) is 3. The van der Waals surface area contributed by atoms with E-state index in [1.54, 1.807) is 12.3 Å². The fourth-order valence-electron chi connectivity index (χ4n) is 4.64. The maximum Gasteiger partial charge on any atom is 0.221 e. The summed E-state index contributed by atoms with van der Waals surface area (Å²) >= 11 is 1.49. The molecule has 3 aromatic heterocycles. The van der Waals surface area contributed by atoms with E-state index >= 15 is 0 Å². The number of carbonyl (C=O) groups is 1. The fraction of sp³-hybridized carbons (Fsp3) is 0.333. The van der Waals surface area contributed by atoms with Gasteiger partial charge in [-0.25, -0.2) is 9.87 Å². The Morgan fingerprint density at radius 2 is 1.98 bits per heavy atom. The molecule has 1 saturated heterocycles. The van der Waals surface area contributed by atoms with Crippen LogP contribution in [0.4, 0.5) is 10.1 Å². The van der Waals surface area contributed by atoms with E-state index in [0.717, 1.165) is 77.7 Å². The Hall–Kier alpha value is -1.85. The molecule has 0 spiro atoms. The largest absolute Gasteiger partial charge is 0.699 e. The molecule has 1 atom stereocenters.